The molecule has 0 aromatic heterocycles. The SMILES string of the molecule is COc1cccc2c1C(=O)c1c(O)c3c(c(O)c1C2=O)C[C@@](O)(C(=O)CO)C[C@@H]3OC1C[C@H](N)[C@H](O[C@H]2CCCCO2)[C@H](C)O1. The van der Waals surface area contributed by atoms with Crippen LogP contribution in [0.5, 0.6) is 17.2 Å². The summed E-state index contributed by atoms with van der Waals surface area (Å²) in [6.45, 7) is 1.35. The van der Waals surface area contributed by atoms with Crippen molar-refractivity contribution in [2.75, 3.05) is 20.3 Å². The Hall–Kier alpha value is -3.43. The maximum Gasteiger partial charge on any atom is 0.202 e. The molecule has 0 spiro atoms. The number of hydrogen-bond acceptors (Lipinski definition) is 13. The topological polar surface area (TPSA) is 204 Å². The van der Waals surface area contributed by atoms with E-state index < -0.39 is 102 Å². The minimum Gasteiger partial charge on any atom is -0.507 e. The van der Waals surface area contributed by atoms with Crippen LogP contribution in [0, 0.1) is 0 Å². The third-order valence-electron chi connectivity index (χ3n) is 9.22. The molecular formula is C32H37NO12. The van der Waals surface area contributed by atoms with Crippen LogP contribution < -0.4 is 10.5 Å². The lowest BCUT2D eigenvalue weighted by molar-refractivity contribution is -0.281. The molecule has 242 valence electrons. The van der Waals surface area contributed by atoms with E-state index >= 15 is 0 Å². The van der Waals surface area contributed by atoms with E-state index in [2.05, 4.69) is 0 Å². The highest BCUT2D eigenvalue weighted by molar-refractivity contribution is 6.31. The van der Waals surface area contributed by atoms with Crippen molar-refractivity contribution in [3.8, 4) is 17.2 Å². The Morgan fingerprint density at radius 1 is 1.07 bits per heavy atom. The predicted octanol–water partition coefficient (Wildman–Crippen LogP) is 1.55. The molecule has 4 aliphatic rings. The van der Waals surface area contributed by atoms with Crippen molar-refractivity contribution in [3.05, 3.63) is 51.6 Å². The fraction of sp³-hybridized carbons (Fsp3) is 0.531. The zero-order valence-corrected chi connectivity index (χ0v) is 25.0. The average Bonchev–Trinajstić information content (AvgIpc) is 3.02. The Labute approximate surface area is 258 Å². The Morgan fingerprint density at radius 2 is 1.82 bits per heavy atom. The van der Waals surface area contributed by atoms with Crippen LogP contribution in [0.4, 0.5) is 0 Å². The van der Waals surface area contributed by atoms with Crippen LogP contribution in [-0.4, -0.2) is 94.5 Å². The predicted molar refractivity (Wildman–Crippen MR) is 154 cm³/mol. The van der Waals surface area contributed by atoms with Crippen LogP contribution in [0.15, 0.2) is 18.2 Å². The molecule has 2 aromatic rings. The molecule has 13 heteroatoms. The maximum atomic E-state index is 13.8. The van der Waals surface area contributed by atoms with Gasteiger partial charge in [-0.15, -0.1) is 0 Å². The summed E-state index contributed by atoms with van der Waals surface area (Å²) in [5, 5.41) is 44.2. The number of ketones is 3. The van der Waals surface area contributed by atoms with Gasteiger partial charge >= 0.3 is 0 Å². The van der Waals surface area contributed by atoms with Gasteiger partial charge in [0.25, 0.3) is 0 Å². The number of nitrogens with two attached hydrogens (primary N) is 1. The van der Waals surface area contributed by atoms with E-state index in [9.17, 15) is 34.8 Å². The van der Waals surface area contributed by atoms with Crippen LogP contribution in [0.1, 0.15) is 88.1 Å². The first-order chi connectivity index (χ1) is 21.5. The number of rotatable bonds is 7. The van der Waals surface area contributed by atoms with Crippen LogP contribution in [0.25, 0.3) is 0 Å². The molecule has 2 heterocycles. The lowest BCUT2D eigenvalue weighted by Gasteiger charge is -2.43. The van der Waals surface area contributed by atoms with Gasteiger partial charge in [0.1, 0.15) is 35.6 Å². The third kappa shape index (κ3) is 5.31. The van der Waals surface area contributed by atoms with Gasteiger partial charge in [-0.2, -0.15) is 0 Å². The number of phenolic OH excluding ortho intramolecular Hbond substituents is 2. The zero-order chi connectivity index (χ0) is 32.2. The van der Waals surface area contributed by atoms with E-state index in [4.69, 9.17) is 29.4 Å². The number of fused-ring (bicyclic) bond motifs is 3. The van der Waals surface area contributed by atoms with Crippen molar-refractivity contribution >= 4 is 17.3 Å². The zero-order valence-electron chi connectivity index (χ0n) is 25.0. The Morgan fingerprint density at radius 3 is 2.49 bits per heavy atom. The van der Waals surface area contributed by atoms with Gasteiger partial charge in [-0.05, 0) is 32.3 Å². The maximum absolute atomic E-state index is 13.8. The first kappa shape index (κ1) is 31.5. The highest BCUT2D eigenvalue weighted by Gasteiger charge is 2.50. The molecule has 2 fully saturated rings. The lowest BCUT2D eigenvalue weighted by Crippen LogP contribution is -2.55. The number of benzene rings is 2. The number of carbonyl (C=O) groups is 3. The van der Waals surface area contributed by atoms with Gasteiger partial charge in [0.2, 0.25) is 5.78 Å². The number of carbonyl (C=O) groups excluding carboxylic acids is 3. The Balaban J connectivity index is 1.38. The second-order valence-electron chi connectivity index (χ2n) is 12.1. The molecule has 0 bridgehead atoms. The van der Waals surface area contributed by atoms with Crippen molar-refractivity contribution in [2.24, 2.45) is 5.73 Å². The minimum absolute atomic E-state index is 0.0409. The monoisotopic (exact) mass is 627 g/mol. The molecule has 6 rings (SSSR count). The summed E-state index contributed by atoms with van der Waals surface area (Å²) < 4.78 is 29.5. The van der Waals surface area contributed by atoms with E-state index in [0.717, 1.165) is 19.3 Å². The minimum atomic E-state index is -2.24. The van der Waals surface area contributed by atoms with Crippen molar-refractivity contribution in [1.82, 2.24) is 0 Å². The number of phenols is 2. The number of aromatic hydroxyl groups is 2. The summed E-state index contributed by atoms with van der Waals surface area (Å²) in [5.41, 5.74) is 2.98. The summed E-state index contributed by atoms with van der Waals surface area (Å²) in [4.78, 5) is 40.2. The molecule has 1 unspecified atom stereocenters. The Kier molecular flexibility index (Phi) is 8.46. The normalized spacial score (nSPS) is 31.1. The highest BCUT2D eigenvalue weighted by Crippen LogP contribution is 2.52. The van der Waals surface area contributed by atoms with Gasteiger partial charge in [-0.1, -0.05) is 12.1 Å². The van der Waals surface area contributed by atoms with Crippen molar-refractivity contribution in [2.45, 2.75) is 88.0 Å². The summed E-state index contributed by atoms with van der Waals surface area (Å²) in [6, 6.07) is 3.86. The van der Waals surface area contributed by atoms with Gasteiger partial charge in [0.05, 0.1) is 36.0 Å². The number of hydrogen-bond donors (Lipinski definition) is 5. The summed E-state index contributed by atoms with van der Waals surface area (Å²) >= 11 is 0. The fourth-order valence-electron chi connectivity index (χ4n) is 6.95. The molecule has 2 aromatic carbocycles. The lowest BCUT2D eigenvalue weighted by atomic mass is 9.72. The largest absolute Gasteiger partial charge is 0.507 e. The highest BCUT2D eigenvalue weighted by atomic mass is 16.7. The second kappa shape index (κ2) is 12.1. The molecule has 0 radical (unpaired) electrons. The quantitative estimate of drug-likeness (QED) is 0.236. The first-order valence-corrected chi connectivity index (χ1v) is 15.1. The summed E-state index contributed by atoms with van der Waals surface area (Å²) in [7, 11) is 1.34. The number of ether oxygens (including phenoxy) is 5. The average molecular weight is 628 g/mol. The fourth-order valence-corrected chi connectivity index (χ4v) is 6.95. The molecule has 2 aliphatic heterocycles. The number of Topliss-reactive ketones (excluding diaryl/α,β-unsaturated/α-hetero) is 1. The Bertz CT molecular complexity index is 1520. The summed E-state index contributed by atoms with van der Waals surface area (Å²) in [5.74, 6) is -3.67. The van der Waals surface area contributed by atoms with Crippen molar-refractivity contribution < 1.29 is 58.5 Å². The van der Waals surface area contributed by atoms with Crippen LogP contribution in [0.2, 0.25) is 0 Å². The first-order valence-electron chi connectivity index (χ1n) is 15.1. The van der Waals surface area contributed by atoms with Gasteiger partial charge in [-0.25, -0.2) is 0 Å². The molecule has 2 aliphatic carbocycles. The van der Waals surface area contributed by atoms with Crippen molar-refractivity contribution in [3.63, 3.8) is 0 Å². The smallest absolute Gasteiger partial charge is 0.202 e. The van der Waals surface area contributed by atoms with E-state index in [0.29, 0.717) is 6.61 Å². The molecule has 0 amide bonds. The van der Waals surface area contributed by atoms with Gasteiger partial charge in [0.15, 0.2) is 24.1 Å². The molecule has 13 nitrogen and oxygen atoms in total. The van der Waals surface area contributed by atoms with Crippen molar-refractivity contribution in [1.29, 1.82) is 0 Å². The molecular weight excluding hydrogens is 590 g/mol. The van der Waals surface area contributed by atoms with Crippen LogP contribution in [-0.2, 0) is 30.2 Å². The standard InChI is InChI=1S/C32H37NO12/c1-14-31(45-21-8-3-4-9-42-21)17(33)10-22(43-14)44-19-12-32(40,20(35)13-34)11-16-24(19)30(39)26-25(28(16)37)27(36)15-6-5-7-18(41-2)23(15)29(26)38/h5-7,14,17,19,21-22,31,34,37,39-40H,3-4,8-13,33H2,1-2H3/t14-,17-,19-,21-,22?,31+,32-/m0/s1. The van der Waals surface area contributed by atoms with Gasteiger partial charge in [0, 0.05) is 48.6 Å². The number of aliphatic hydroxyl groups excluding tert-OH is 1. The molecule has 2 saturated heterocycles. The van der Waals surface area contributed by atoms with Gasteiger partial charge in [-0.3, -0.25) is 14.4 Å². The molecule has 0 saturated carbocycles. The molecule has 7 atom stereocenters. The van der Waals surface area contributed by atoms with E-state index in [1.807, 2.05) is 0 Å². The van der Waals surface area contributed by atoms with Crippen LogP contribution in [0.3, 0.4) is 0 Å². The third-order valence-corrected chi connectivity index (χ3v) is 9.22. The van der Waals surface area contributed by atoms with Gasteiger partial charge < -0.3 is 49.8 Å². The molecule has 45 heavy (non-hydrogen) atoms. The van der Waals surface area contributed by atoms with E-state index in [-0.39, 0.29) is 34.4 Å². The second-order valence-corrected chi connectivity index (χ2v) is 12.1. The summed E-state index contributed by atoms with van der Waals surface area (Å²) in [6.07, 6.45) is -2.03. The number of aliphatic hydroxyl groups is 2. The van der Waals surface area contributed by atoms with E-state index in [1.54, 1.807) is 6.92 Å². The molecule has 6 N–H and O–H groups in total. The van der Waals surface area contributed by atoms with E-state index in [1.165, 1.54) is 25.3 Å². The number of methoxy groups -OCH3 is 1. The van der Waals surface area contributed by atoms with Crippen LogP contribution >= 0.6 is 0 Å².